The molecule has 0 fully saturated rings. The van der Waals surface area contributed by atoms with E-state index in [-0.39, 0.29) is 0 Å². The lowest BCUT2D eigenvalue weighted by Gasteiger charge is -2.09. The number of rotatable bonds is 5. The second-order valence-corrected chi connectivity index (χ2v) is 4.97. The molecule has 0 amide bonds. The molecule has 0 saturated heterocycles. The monoisotopic (exact) mass is 278 g/mol. The lowest BCUT2D eigenvalue weighted by molar-refractivity contribution is 0.414. The Hall–Kier alpha value is -2.39. The van der Waals surface area contributed by atoms with Gasteiger partial charge in [-0.25, -0.2) is 0 Å². The van der Waals surface area contributed by atoms with E-state index in [1.165, 1.54) is 21.9 Å². The van der Waals surface area contributed by atoms with Crippen LogP contribution in [0.2, 0.25) is 0 Å². The number of nitrogens with one attached hydrogen (secondary N) is 1. The lowest BCUT2D eigenvalue weighted by Crippen LogP contribution is -2.12. The van der Waals surface area contributed by atoms with Crippen molar-refractivity contribution in [3.8, 4) is 5.75 Å². The van der Waals surface area contributed by atoms with Crippen molar-refractivity contribution < 1.29 is 4.74 Å². The van der Waals surface area contributed by atoms with Crippen LogP contribution in [0.15, 0.2) is 60.9 Å². The Morgan fingerprint density at radius 3 is 2.86 bits per heavy atom. The molecule has 3 heteroatoms. The summed E-state index contributed by atoms with van der Waals surface area (Å²) in [7, 11) is 1.69. The van der Waals surface area contributed by atoms with Crippen LogP contribution in [0.4, 0.5) is 0 Å². The number of aromatic nitrogens is 1. The first-order valence-corrected chi connectivity index (χ1v) is 7.02. The largest absolute Gasteiger partial charge is 0.497 e. The van der Waals surface area contributed by atoms with Gasteiger partial charge in [-0.2, -0.15) is 0 Å². The Kier molecular flexibility index (Phi) is 4.12. The van der Waals surface area contributed by atoms with Crippen LogP contribution in [0.5, 0.6) is 5.75 Å². The molecule has 1 heterocycles. The van der Waals surface area contributed by atoms with Gasteiger partial charge in [-0.1, -0.05) is 30.3 Å². The highest BCUT2D eigenvalue weighted by Crippen LogP contribution is 2.17. The number of nitrogens with zero attached hydrogens (tertiary/aromatic N) is 1. The van der Waals surface area contributed by atoms with Crippen molar-refractivity contribution in [2.45, 2.75) is 13.1 Å². The maximum absolute atomic E-state index is 5.24. The first-order valence-electron chi connectivity index (χ1n) is 7.02. The van der Waals surface area contributed by atoms with Crippen LogP contribution in [-0.2, 0) is 13.1 Å². The minimum atomic E-state index is 0.818. The van der Waals surface area contributed by atoms with Gasteiger partial charge in [0.25, 0.3) is 0 Å². The quantitative estimate of drug-likeness (QED) is 0.775. The van der Waals surface area contributed by atoms with Crippen LogP contribution in [0, 0.1) is 0 Å². The molecule has 2 aromatic carbocycles. The van der Waals surface area contributed by atoms with Crippen molar-refractivity contribution in [2.75, 3.05) is 7.11 Å². The summed E-state index contributed by atoms with van der Waals surface area (Å²) in [4.78, 5) is 4.17. The molecular formula is C18H18N2O. The fourth-order valence-corrected chi connectivity index (χ4v) is 2.47. The minimum Gasteiger partial charge on any atom is -0.497 e. The second kappa shape index (κ2) is 6.37. The zero-order valence-electron chi connectivity index (χ0n) is 12.0. The van der Waals surface area contributed by atoms with Crippen molar-refractivity contribution >= 4 is 10.8 Å². The Bertz CT molecular complexity index is 735. The summed E-state index contributed by atoms with van der Waals surface area (Å²) in [5.41, 5.74) is 2.51. The number of methoxy groups -OCH3 is 1. The third-order valence-electron chi connectivity index (χ3n) is 3.55. The Balaban J connectivity index is 1.69. The molecule has 3 nitrogen and oxygen atoms in total. The highest BCUT2D eigenvalue weighted by atomic mass is 16.5. The van der Waals surface area contributed by atoms with Crippen molar-refractivity contribution in [2.24, 2.45) is 0 Å². The van der Waals surface area contributed by atoms with Crippen LogP contribution in [-0.4, -0.2) is 12.1 Å². The van der Waals surface area contributed by atoms with Gasteiger partial charge < -0.3 is 10.1 Å². The van der Waals surface area contributed by atoms with Gasteiger partial charge in [-0.15, -0.1) is 0 Å². The maximum Gasteiger partial charge on any atom is 0.119 e. The third kappa shape index (κ3) is 3.20. The fraction of sp³-hybridized carbons (Fsp3) is 0.167. The number of fused-ring (bicyclic) bond motifs is 1. The third-order valence-corrected chi connectivity index (χ3v) is 3.55. The van der Waals surface area contributed by atoms with E-state index in [2.05, 4.69) is 46.7 Å². The topological polar surface area (TPSA) is 34.1 Å². The summed E-state index contributed by atoms with van der Waals surface area (Å²) < 4.78 is 5.24. The molecular weight excluding hydrogens is 260 g/mol. The normalized spacial score (nSPS) is 10.7. The van der Waals surface area contributed by atoms with Gasteiger partial charge >= 0.3 is 0 Å². The van der Waals surface area contributed by atoms with Crippen LogP contribution in [0.1, 0.15) is 11.1 Å². The van der Waals surface area contributed by atoms with Gasteiger partial charge in [0.15, 0.2) is 0 Å². The summed E-state index contributed by atoms with van der Waals surface area (Å²) in [6.45, 7) is 1.65. The summed E-state index contributed by atoms with van der Waals surface area (Å²) in [5, 5.41) is 5.92. The first-order chi connectivity index (χ1) is 10.4. The molecule has 0 unspecified atom stereocenters. The average molecular weight is 278 g/mol. The fourth-order valence-electron chi connectivity index (χ4n) is 2.47. The predicted molar refractivity (Wildman–Crippen MR) is 85.3 cm³/mol. The van der Waals surface area contributed by atoms with Crippen molar-refractivity contribution in [1.29, 1.82) is 0 Å². The SMILES string of the molecule is COc1cccc(CNCc2cccc3cnccc23)c1. The van der Waals surface area contributed by atoms with Crippen molar-refractivity contribution in [1.82, 2.24) is 10.3 Å². The molecule has 0 bridgehead atoms. The van der Waals surface area contributed by atoms with Gasteiger partial charge in [-0.3, -0.25) is 4.98 Å². The van der Waals surface area contributed by atoms with Gasteiger partial charge in [-0.05, 0) is 34.7 Å². The summed E-state index contributed by atoms with van der Waals surface area (Å²) >= 11 is 0. The summed E-state index contributed by atoms with van der Waals surface area (Å²) in [5.74, 6) is 0.894. The number of ether oxygens (including phenoxy) is 1. The predicted octanol–water partition coefficient (Wildman–Crippen LogP) is 3.53. The Labute approximate surface area is 124 Å². The van der Waals surface area contributed by atoms with E-state index in [0.29, 0.717) is 0 Å². The molecule has 21 heavy (non-hydrogen) atoms. The minimum absolute atomic E-state index is 0.818. The Morgan fingerprint density at radius 1 is 1.05 bits per heavy atom. The van der Waals surface area contributed by atoms with E-state index in [0.717, 1.165) is 18.8 Å². The lowest BCUT2D eigenvalue weighted by atomic mass is 10.1. The van der Waals surface area contributed by atoms with E-state index in [1.807, 2.05) is 24.5 Å². The van der Waals surface area contributed by atoms with Crippen LogP contribution in [0.25, 0.3) is 10.8 Å². The molecule has 0 saturated carbocycles. The molecule has 3 aromatic rings. The maximum atomic E-state index is 5.24. The molecule has 1 aromatic heterocycles. The number of hydrogen-bond donors (Lipinski definition) is 1. The van der Waals surface area contributed by atoms with Gasteiger partial charge in [0.05, 0.1) is 7.11 Å². The van der Waals surface area contributed by atoms with Crippen LogP contribution >= 0.6 is 0 Å². The molecule has 0 spiro atoms. The molecule has 0 aliphatic rings. The summed E-state index contributed by atoms with van der Waals surface area (Å²) in [6, 6.07) is 16.5. The van der Waals surface area contributed by atoms with Crippen molar-refractivity contribution in [3.63, 3.8) is 0 Å². The standard InChI is InChI=1S/C18H18N2O/c1-21-17-7-2-4-14(10-17)11-20-13-16-6-3-5-15-12-19-9-8-18(15)16/h2-10,12,20H,11,13H2,1H3. The molecule has 0 aliphatic heterocycles. The van der Waals surface area contributed by atoms with Gasteiger partial charge in [0, 0.05) is 30.9 Å². The van der Waals surface area contributed by atoms with E-state index < -0.39 is 0 Å². The zero-order valence-corrected chi connectivity index (χ0v) is 12.0. The first kappa shape index (κ1) is 13.6. The summed E-state index contributed by atoms with van der Waals surface area (Å²) in [6.07, 6.45) is 3.74. The molecule has 0 atom stereocenters. The van der Waals surface area contributed by atoms with E-state index in [9.17, 15) is 0 Å². The smallest absolute Gasteiger partial charge is 0.119 e. The Morgan fingerprint density at radius 2 is 1.95 bits per heavy atom. The molecule has 3 rings (SSSR count). The highest BCUT2D eigenvalue weighted by molar-refractivity contribution is 5.84. The molecule has 0 aliphatic carbocycles. The molecule has 106 valence electrons. The molecule has 1 N–H and O–H groups in total. The average Bonchev–Trinajstić information content (AvgIpc) is 2.55. The van der Waals surface area contributed by atoms with Crippen LogP contribution in [0.3, 0.4) is 0 Å². The van der Waals surface area contributed by atoms with Gasteiger partial charge in [0.1, 0.15) is 5.75 Å². The van der Waals surface area contributed by atoms with E-state index in [4.69, 9.17) is 4.74 Å². The van der Waals surface area contributed by atoms with E-state index in [1.54, 1.807) is 7.11 Å². The number of pyridine rings is 1. The van der Waals surface area contributed by atoms with E-state index >= 15 is 0 Å². The number of benzene rings is 2. The zero-order chi connectivity index (χ0) is 14.5. The second-order valence-electron chi connectivity index (χ2n) is 4.97. The van der Waals surface area contributed by atoms with Crippen LogP contribution < -0.4 is 10.1 Å². The number of hydrogen-bond acceptors (Lipinski definition) is 3. The van der Waals surface area contributed by atoms with Gasteiger partial charge in [0.2, 0.25) is 0 Å². The van der Waals surface area contributed by atoms with Crippen molar-refractivity contribution in [3.05, 3.63) is 72.1 Å². The highest BCUT2D eigenvalue weighted by Gasteiger charge is 2.01. The molecule has 0 radical (unpaired) electrons.